The van der Waals surface area contributed by atoms with Crippen molar-refractivity contribution < 1.29 is 37.9 Å². The molecule has 0 saturated heterocycles. The Hall–Kier alpha value is -0.990. The van der Waals surface area contributed by atoms with Gasteiger partial charge in [0, 0.05) is 19.4 Å². The van der Waals surface area contributed by atoms with Gasteiger partial charge in [-0.2, -0.15) is 0 Å². The number of hydrogen-bond donors (Lipinski definition) is 3. The molecule has 0 aromatic carbocycles. The molecule has 10 heteroatoms. The van der Waals surface area contributed by atoms with E-state index in [4.69, 9.17) is 13.8 Å². The van der Waals surface area contributed by atoms with Crippen LogP contribution < -0.4 is 5.32 Å². The van der Waals surface area contributed by atoms with E-state index in [1.165, 1.54) is 167 Å². The second-order valence-electron chi connectivity index (χ2n) is 15.4. The van der Waals surface area contributed by atoms with Gasteiger partial charge in [-0.25, -0.2) is 4.57 Å². The van der Waals surface area contributed by atoms with Gasteiger partial charge in [-0.15, -0.1) is 0 Å². The number of phosphoric acid groups is 1. The molecular weight excluding hydrogens is 689 g/mol. The maximum Gasteiger partial charge on any atom is 0.472 e. The Morgan fingerprint density at radius 2 is 0.849 bits per heavy atom. The molecule has 9 nitrogen and oxygen atoms in total. The molecular formula is C43H86NO8P. The fraction of sp³-hybridized carbons (Fsp3) is 0.953. The highest BCUT2D eigenvalue weighted by atomic mass is 31.2. The number of hydrogen-bond acceptors (Lipinski definition) is 7. The number of carbonyl (C=O) groups excluding carboxylic acids is 2. The molecule has 0 heterocycles. The number of esters is 1. The molecule has 3 N–H and O–H groups in total. The van der Waals surface area contributed by atoms with Crippen LogP contribution in [0.2, 0.25) is 0 Å². The van der Waals surface area contributed by atoms with Crippen molar-refractivity contribution in [2.45, 2.75) is 238 Å². The van der Waals surface area contributed by atoms with Crippen molar-refractivity contribution in [1.82, 2.24) is 5.32 Å². The molecule has 316 valence electrons. The summed E-state index contributed by atoms with van der Waals surface area (Å²) in [7, 11) is -4.40. The number of aliphatic hydroxyl groups excluding tert-OH is 1. The molecule has 0 rings (SSSR count). The van der Waals surface area contributed by atoms with Crippen LogP contribution in [-0.4, -0.2) is 54.3 Å². The average Bonchev–Trinajstić information content (AvgIpc) is 3.14. The third kappa shape index (κ3) is 42.0. The van der Waals surface area contributed by atoms with E-state index < -0.39 is 26.5 Å². The van der Waals surface area contributed by atoms with Gasteiger partial charge in [0.2, 0.25) is 5.91 Å². The van der Waals surface area contributed by atoms with Crippen LogP contribution >= 0.6 is 7.82 Å². The number of nitrogens with one attached hydrogen (secondary N) is 1. The predicted molar refractivity (Wildman–Crippen MR) is 220 cm³/mol. The minimum absolute atomic E-state index is 0.0884. The minimum atomic E-state index is -4.40. The number of amides is 1. The highest BCUT2D eigenvalue weighted by Gasteiger charge is 2.23. The molecule has 0 aliphatic rings. The lowest BCUT2D eigenvalue weighted by Crippen LogP contribution is -2.27. The van der Waals surface area contributed by atoms with Crippen LogP contribution in [-0.2, 0) is 27.9 Å². The van der Waals surface area contributed by atoms with E-state index in [1.807, 2.05) is 0 Å². The van der Waals surface area contributed by atoms with Crippen molar-refractivity contribution in [1.29, 1.82) is 0 Å². The summed E-state index contributed by atoms with van der Waals surface area (Å²) in [6, 6.07) is 0. The van der Waals surface area contributed by atoms with E-state index in [-0.39, 0.29) is 32.1 Å². The van der Waals surface area contributed by atoms with Gasteiger partial charge in [-0.3, -0.25) is 18.6 Å². The summed E-state index contributed by atoms with van der Waals surface area (Å²) in [5.41, 5.74) is 0. The molecule has 0 saturated carbocycles. The van der Waals surface area contributed by atoms with Gasteiger partial charge in [0.05, 0.1) is 13.2 Å². The number of carbonyl (C=O) groups is 2. The van der Waals surface area contributed by atoms with Gasteiger partial charge in [0.25, 0.3) is 0 Å². The second-order valence-corrected chi connectivity index (χ2v) is 16.8. The minimum Gasteiger partial charge on any atom is -0.463 e. The fourth-order valence-corrected chi connectivity index (χ4v) is 7.37. The quantitative estimate of drug-likeness (QED) is 0.0317. The first-order valence-electron chi connectivity index (χ1n) is 22.5. The molecule has 0 aromatic heterocycles. The molecule has 2 unspecified atom stereocenters. The van der Waals surface area contributed by atoms with Crippen molar-refractivity contribution in [3.05, 3.63) is 0 Å². The van der Waals surface area contributed by atoms with Crippen molar-refractivity contribution in [2.75, 3.05) is 26.4 Å². The van der Waals surface area contributed by atoms with Crippen LogP contribution in [0.5, 0.6) is 0 Å². The van der Waals surface area contributed by atoms with Crippen molar-refractivity contribution in [3.8, 4) is 0 Å². The zero-order chi connectivity index (χ0) is 38.9. The molecule has 0 aromatic rings. The number of unbranched alkanes of at least 4 members (excludes halogenated alkanes) is 30. The number of phosphoric ester groups is 1. The van der Waals surface area contributed by atoms with E-state index in [0.29, 0.717) is 6.42 Å². The summed E-state index contributed by atoms with van der Waals surface area (Å²) in [5, 5.41) is 12.7. The Balaban J connectivity index is 3.48. The molecule has 53 heavy (non-hydrogen) atoms. The molecule has 0 fully saturated rings. The Bertz CT molecular complexity index is 845. The lowest BCUT2D eigenvalue weighted by atomic mass is 10.0. The third-order valence-electron chi connectivity index (χ3n) is 10.0. The zero-order valence-electron chi connectivity index (χ0n) is 34.7. The smallest absolute Gasteiger partial charge is 0.463 e. The number of ether oxygens (including phenoxy) is 1. The van der Waals surface area contributed by atoms with E-state index in [9.17, 15) is 24.2 Å². The first-order chi connectivity index (χ1) is 25.8. The van der Waals surface area contributed by atoms with Gasteiger partial charge in [0.15, 0.2) is 0 Å². The van der Waals surface area contributed by atoms with Crippen LogP contribution in [0.15, 0.2) is 0 Å². The summed E-state index contributed by atoms with van der Waals surface area (Å²) in [4.78, 5) is 33.8. The first kappa shape index (κ1) is 52.0. The summed E-state index contributed by atoms with van der Waals surface area (Å²) in [6.45, 7) is 3.57. The third-order valence-corrected chi connectivity index (χ3v) is 11.0. The fourth-order valence-electron chi connectivity index (χ4n) is 6.62. The standard InChI is InChI=1S/C43H86NO8P/c1-3-5-7-9-11-13-14-15-16-17-18-19-20-21-22-23-24-25-26-28-29-31-33-35-42(46)44-37-38-51-53(48,49)52-40-41(45)39-50-43(47)36-34-32-30-27-12-10-8-6-4-2/h41,45H,3-40H2,1-2H3,(H,44,46)(H,48,49). The number of aliphatic hydroxyl groups is 1. The molecule has 1 amide bonds. The van der Waals surface area contributed by atoms with E-state index in [2.05, 4.69) is 19.2 Å². The van der Waals surface area contributed by atoms with Crippen molar-refractivity contribution >= 4 is 19.7 Å². The zero-order valence-corrected chi connectivity index (χ0v) is 35.6. The molecule has 2 atom stereocenters. The summed E-state index contributed by atoms with van der Waals surface area (Å²) < 4.78 is 26.8. The van der Waals surface area contributed by atoms with Gasteiger partial charge >= 0.3 is 13.8 Å². The van der Waals surface area contributed by atoms with Gasteiger partial charge < -0.3 is 20.1 Å². The predicted octanol–water partition coefficient (Wildman–Crippen LogP) is 12.4. The van der Waals surface area contributed by atoms with Crippen molar-refractivity contribution in [2.24, 2.45) is 0 Å². The highest BCUT2D eigenvalue weighted by molar-refractivity contribution is 7.47. The van der Waals surface area contributed by atoms with Gasteiger partial charge in [0.1, 0.15) is 12.7 Å². The molecule has 0 aliphatic carbocycles. The maximum atomic E-state index is 12.1. The molecule has 0 spiro atoms. The topological polar surface area (TPSA) is 131 Å². The summed E-state index contributed by atoms with van der Waals surface area (Å²) in [5.74, 6) is -0.507. The Labute approximate surface area is 326 Å². The van der Waals surface area contributed by atoms with Crippen LogP contribution in [0.3, 0.4) is 0 Å². The monoisotopic (exact) mass is 776 g/mol. The SMILES string of the molecule is CCCCCCCCCCCCCCCCCCCCCCCCCC(=O)NCCOP(=O)(O)OCC(O)COC(=O)CCCCCCCCCCC. The Kier molecular flexibility index (Phi) is 39.9. The maximum absolute atomic E-state index is 12.1. The van der Waals surface area contributed by atoms with Crippen molar-refractivity contribution in [3.63, 3.8) is 0 Å². The lowest BCUT2D eigenvalue weighted by molar-refractivity contribution is -0.147. The van der Waals surface area contributed by atoms with E-state index in [1.54, 1.807) is 0 Å². The lowest BCUT2D eigenvalue weighted by Gasteiger charge is -2.15. The summed E-state index contributed by atoms with van der Waals surface area (Å²) in [6.07, 6.45) is 40.6. The van der Waals surface area contributed by atoms with E-state index >= 15 is 0 Å². The Morgan fingerprint density at radius 1 is 0.509 bits per heavy atom. The molecule has 0 radical (unpaired) electrons. The van der Waals surface area contributed by atoms with Crippen LogP contribution in [0.1, 0.15) is 232 Å². The van der Waals surface area contributed by atoms with Gasteiger partial charge in [-0.1, -0.05) is 206 Å². The summed E-state index contributed by atoms with van der Waals surface area (Å²) >= 11 is 0. The molecule has 0 bridgehead atoms. The normalized spacial score (nSPS) is 13.2. The largest absolute Gasteiger partial charge is 0.472 e. The first-order valence-corrected chi connectivity index (χ1v) is 24.0. The second kappa shape index (κ2) is 40.7. The number of rotatable bonds is 43. The Morgan fingerprint density at radius 3 is 1.23 bits per heavy atom. The highest BCUT2D eigenvalue weighted by Crippen LogP contribution is 2.42. The van der Waals surface area contributed by atoms with Gasteiger partial charge in [-0.05, 0) is 12.8 Å². The molecule has 0 aliphatic heterocycles. The van der Waals surface area contributed by atoms with Crippen LogP contribution in [0.4, 0.5) is 0 Å². The van der Waals surface area contributed by atoms with E-state index in [0.717, 1.165) is 38.5 Å². The van der Waals surface area contributed by atoms with Crippen LogP contribution in [0.25, 0.3) is 0 Å². The van der Waals surface area contributed by atoms with Crippen LogP contribution in [0, 0.1) is 0 Å². The average molecular weight is 776 g/mol.